The standard InChI is InChI=1S/C15H30N2/c1-11-4-5-17(15(16)9-11)10-14-7-12(2)6-13(3)8-14/h11-15H,4-10,16H2,1-3H3. The minimum atomic E-state index is 0.325. The molecule has 0 bridgehead atoms. The molecule has 2 fully saturated rings. The third-order valence-corrected chi connectivity index (χ3v) is 4.79. The first-order chi connectivity index (χ1) is 8.04. The summed E-state index contributed by atoms with van der Waals surface area (Å²) in [7, 11) is 0. The molecule has 1 heterocycles. The number of likely N-dealkylation sites (tertiary alicyclic amines) is 1. The Morgan fingerprint density at radius 3 is 2.18 bits per heavy atom. The maximum Gasteiger partial charge on any atom is 0.0574 e. The van der Waals surface area contributed by atoms with E-state index in [1.165, 1.54) is 45.2 Å². The van der Waals surface area contributed by atoms with Crippen LogP contribution in [-0.4, -0.2) is 24.2 Å². The summed E-state index contributed by atoms with van der Waals surface area (Å²) in [4.78, 5) is 2.55. The summed E-state index contributed by atoms with van der Waals surface area (Å²) in [5.41, 5.74) is 6.28. The van der Waals surface area contributed by atoms with Gasteiger partial charge in [0.25, 0.3) is 0 Å². The summed E-state index contributed by atoms with van der Waals surface area (Å²) in [6, 6.07) is 0. The largest absolute Gasteiger partial charge is 0.316 e. The summed E-state index contributed by atoms with van der Waals surface area (Å²) in [6.07, 6.45) is 7.13. The fraction of sp³-hybridized carbons (Fsp3) is 1.00. The van der Waals surface area contributed by atoms with E-state index in [9.17, 15) is 0 Å². The molecule has 1 saturated heterocycles. The zero-order valence-corrected chi connectivity index (χ0v) is 11.9. The van der Waals surface area contributed by atoms with E-state index in [2.05, 4.69) is 25.7 Å². The Bertz CT molecular complexity index is 231. The molecule has 1 aliphatic heterocycles. The fourth-order valence-electron chi connectivity index (χ4n) is 4.05. The van der Waals surface area contributed by atoms with E-state index < -0.39 is 0 Å². The first kappa shape index (κ1) is 13.4. The van der Waals surface area contributed by atoms with Gasteiger partial charge in [0, 0.05) is 6.54 Å². The van der Waals surface area contributed by atoms with Crippen molar-refractivity contribution in [1.29, 1.82) is 0 Å². The molecule has 0 spiro atoms. The molecule has 2 N–H and O–H groups in total. The Morgan fingerprint density at radius 1 is 0.941 bits per heavy atom. The molecule has 2 rings (SSSR count). The highest BCUT2D eigenvalue weighted by Crippen LogP contribution is 2.34. The molecular formula is C15H30N2. The monoisotopic (exact) mass is 238 g/mol. The molecule has 2 heteroatoms. The smallest absolute Gasteiger partial charge is 0.0574 e. The van der Waals surface area contributed by atoms with Crippen LogP contribution < -0.4 is 5.73 Å². The van der Waals surface area contributed by atoms with Gasteiger partial charge in [-0.05, 0) is 62.3 Å². The number of nitrogens with two attached hydrogens (primary N) is 1. The minimum Gasteiger partial charge on any atom is -0.316 e. The van der Waals surface area contributed by atoms with E-state index in [0.29, 0.717) is 6.17 Å². The van der Waals surface area contributed by atoms with Crippen molar-refractivity contribution in [2.45, 2.75) is 59.0 Å². The van der Waals surface area contributed by atoms with E-state index in [1.807, 2.05) is 0 Å². The van der Waals surface area contributed by atoms with Crippen LogP contribution in [0, 0.1) is 23.7 Å². The Labute approximate surface area is 107 Å². The Kier molecular flexibility index (Phi) is 4.48. The van der Waals surface area contributed by atoms with Crippen molar-refractivity contribution in [3.63, 3.8) is 0 Å². The molecule has 4 unspecified atom stereocenters. The van der Waals surface area contributed by atoms with Gasteiger partial charge in [-0.1, -0.05) is 20.8 Å². The quantitative estimate of drug-likeness (QED) is 0.801. The summed E-state index contributed by atoms with van der Waals surface area (Å²) < 4.78 is 0. The van der Waals surface area contributed by atoms with Crippen LogP contribution in [0.4, 0.5) is 0 Å². The molecule has 2 aliphatic rings. The highest BCUT2D eigenvalue weighted by atomic mass is 15.2. The lowest BCUT2D eigenvalue weighted by Gasteiger charge is -2.40. The van der Waals surface area contributed by atoms with Crippen molar-refractivity contribution in [2.24, 2.45) is 29.4 Å². The van der Waals surface area contributed by atoms with Gasteiger partial charge >= 0.3 is 0 Å². The molecule has 0 amide bonds. The molecular weight excluding hydrogens is 208 g/mol. The summed E-state index contributed by atoms with van der Waals surface area (Å²) in [6.45, 7) is 9.65. The van der Waals surface area contributed by atoms with Gasteiger partial charge < -0.3 is 5.73 Å². The third kappa shape index (κ3) is 3.69. The molecule has 4 atom stereocenters. The second-order valence-electron chi connectivity index (χ2n) is 6.98. The van der Waals surface area contributed by atoms with Crippen molar-refractivity contribution in [1.82, 2.24) is 4.90 Å². The Balaban J connectivity index is 1.83. The van der Waals surface area contributed by atoms with Crippen LogP contribution in [0.15, 0.2) is 0 Å². The van der Waals surface area contributed by atoms with E-state index in [-0.39, 0.29) is 0 Å². The lowest BCUT2D eigenvalue weighted by molar-refractivity contribution is 0.0783. The van der Waals surface area contributed by atoms with Crippen molar-refractivity contribution >= 4 is 0 Å². The zero-order valence-electron chi connectivity index (χ0n) is 11.9. The number of rotatable bonds is 2. The molecule has 2 nitrogen and oxygen atoms in total. The van der Waals surface area contributed by atoms with Crippen LogP contribution in [0.25, 0.3) is 0 Å². The van der Waals surface area contributed by atoms with Gasteiger partial charge in [-0.25, -0.2) is 0 Å². The topological polar surface area (TPSA) is 29.3 Å². The molecule has 1 aliphatic carbocycles. The second-order valence-corrected chi connectivity index (χ2v) is 6.98. The van der Waals surface area contributed by atoms with Gasteiger partial charge in [-0.2, -0.15) is 0 Å². The Hall–Kier alpha value is -0.0800. The molecule has 0 radical (unpaired) electrons. The maximum absolute atomic E-state index is 6.28. The van der Waals surface area contributed by atoms with Crippen LogP contribution in [0.1, 0.15) is 52.9 Å². The van der Waals surface area contributed by atoms with Crippen LogP contribution in [0.2, 0.25) is 0 Å². The summed E-state index contributed by atoms with van der Waals surface area (Å²) >= 11 is 0. The van der Waals surface area contributed by atoms with Crippen LogP contribution in [0.5, 0.6) is 0 Å². The summed E-state index contributed by atoms with van der Waals surface area (Å²) in [5.74, 6) is 3.56. The molecule has 0 aromatic rings. The zero-order chi connectivity index (χ0) is 12.4. The first-order valence-electron chi connectivity index (χ1n) is 7.54. The van der Waals surface area contributed by atoms with E-state index in [4.69, 9.17) is 5.73 Å². The van der Waals surface area contributed by atoms with Gasteiger partial charge in [0.1, 0.15) is 0 Å². The average Bonchev–Trinajstić information content (AvgIpc) is 2.21. The van der Waals surface area contributed by atoms with Gasteiger partial charge in [-0.15, -0.1) is 0 Å². The number of nitrogens with zero attached hydrogens (tertiary/aromatic N) is 1. The van der Waals surface area contributed by atoms with E-state index in [0.717, 1.165) is 23.7 Å². The van der Waals surface area contributed by atoms with Gasteiger partial charge in [0.15, 0.2) is 0 Å². The van der Waals surface area contributed by atoms with Crippen molar-refractivity contribution in [2.75, 3.05) is 13.1 Å². The maximum atomic E-state index is 6.28. The average molecular weight is 238 g/mol. The van der Waals surface area contributed by atoms with Crippen molar-refractivity contribution in [3.05, 3.63) is 0 Å². The molecule has 100 valence electrons. The fourth-order valence-corrected chi connectivity index (χ4v) is 4.05. The second kappa shape index (κ2) is 5.71. The molecule has 17 heavy (non-hydrogen) atoms. The summed E-state index contributed by atoms with van der Waals surface area (Å²) in [5, 5.41) is 0. The SMILES string of the molecule is CC1CC(C)CC(CN2CCC(C)CC2N)C1. The van der Waals surface area contributed by atoms with Crippen molar-refractivity contribution in [3.8, 4) is 0 Å². The predicted octanol–water partition coefficient (Wildman–Crippen LogP) is 3.08. The van der Waals surface area contributed by atoms with Gasteiger partial charge in [0.2, 0.25) is 0 Å². The number of piperidine rings is 1. The first-order valence-corrected chi connectivity index (χ1v) is 7.54. The van der Waals surface area contributed by atoms with Crippen molar-refractivity contribution < 1.29 is 0 Å². The third-order valence-electron chi connectivity index (χ3n) is 4.79. The lowest BCUT2D eigenvalue weighted by atomic mass is 9.76. The Morgan fingerprint density at radius 2 is 1.59 bits per heavy atom. The normalized spacial score (nSPS) is 44.8. The van der Waals surface area contributed by atoms with Crippen LogP contribution in [0.3, 0.4) is 0 Å². The number of hydrogen-bond donors (Lipinski definition) is 1. The van der Waals surface area contributed by atoms with Crippen LogP contribution >= 0.6 is 0 Å². The molecule has 1 saturated carbocycles. The van der Waals surface area contributed by atoms with Gasteiger partial charge in [0.05, 0.1) is 6.17 Å². The lowest BCUT2D eigenvalue weighted by Crippen LogP contribution is -2.49. The van der Waals surface area contributed by atoms with Gasteiger partial charge in [-0.3, -0.25) is 4.90 Å². The van der Waals surface area contributed by atoms with E-state index in [1.54, 1.807) is 0 Å². The highest BCUT2D eigenvalue weighted by molar-refractivity contribution is 4.82. The molecule has 0 aromatic heterocycles. The highest BCUT2D eigenvalue weighted by Gasteiger charge is 2.29. The molecule has 0 aromatic carbocycles. The predicted molar refractivity (Wildman–Crippen MR) is 73.6 cm³/mol. The minimum absolute atomic E-state index is 0.325. The number of hydrogen-bond acceptors (Lipinski definition) is 2. The van der Waals surface area contributed by atoms with E-state index >= 15 is 0 Å². The van der Waals surface area contributed by atoms with Crippen LogP contribution in [-0.2, 0) is 0 Å².